The molecule has 1 aromatic rings. The molecule has 1 aliphatic carbocycles. The molecule has 0 radical (unpaired) electrons. The Bertz CT molecular complexity index is 567. The van der Waals surface area contributed by atoms with Crippen LogP contribution in [-0.4, -0.2) is 17.3 Å². The van der Waals surface area contributed by atoms with Crippen molar-refractivity contribution in [3.63, 3.8) is 0 Å². The standard InChI is InChI=1S/C17H19NO3/c1-17(2)10-14(20)16(15(21)11-17)13(19)8-9-18-12-6-4-3-5-7-12/h3-9,16,18H,10-11H2,1-2H3. The zero-order valence-electron chi connectivity index (χ0n) is 12.3. The zero-order valence-corrected chi connectivity index (χ0v) is 12.3. The molecule has 0 heterocycles. The quantitative estimate of drug-likeness (QED) is 0.682. The van der Waals surface area contributed by atoms with Gasteiger partial charge in [-0.1, -0.05) is 32.0 Å². The Hall–Kier alpha value is -2.23. The minimum atomic E-state index is -1.12. The molecule has 4 nitrogen and oxygen atoms in total. The molecular weight excluding hydrogens is 266 g/mol. The lowest BCUT2D eigenvalue weighted by Crippen LogP contribution is -2.41. The van der Waals surface area contributed by atoms with Crippen LogP contribution in [0.15, 0.2) is 42.6 Å². The molecule has 4 heteroatoms. The zero-order chi connectivity index (χ0) is 15.5. The van der Waals surface area contributed by atoms with E-state index in [1.807, 2.05) is 44.2 Å². The van der Waals surface area contributed by atoms with E-state index in [4.69, 9.17) is 0 Å². The smallest absolute Gasteiger partial charge is 0.175 e. The summed E-state index contributed by atoms with van der Waals surface area (Å²) in [6.07, 6.45) is 3.29. The fourth-order valence-corrected chi connectivity index (χ4v) is 2.56. The number of nitrogens with one attached hydrogen (secondary N) is 1. The summed E-state index contributed by atoms with van der Waals surface area (Å²) in [6.45, 7) is 3.74. The first-order valence-electron chi connectivity index (χ1n) is 6.96. The third-order valence-electron chi connectivity index (χ3n) is 3.51. The SMILES string of the molecule is CC1(C)CC(=O)C(C(=O)C=CNc2ccccc2)C(=O)C1. The van der Waals surface area contributed by atoms with Gasteiger partial charge < -0.3 is 5.32 Å². The van der Waals surface area contributed by atoms with Crippen molar-refractivity contribution in [1.29, 1.82) is 0 Å². The van der Waals surface area contributed by atoms with Gasteiger partial charge in [-0.3, -0.25) is 14.4 Å². The normalized spacial score (nSPS) is 19.0. The van der Waals surface area contributed by atoms with Crippen LogP contribution in [0.4, 0.5) is 5.69 Å². The summed E-state index contributed by atoms with van der Waals surface area (Å²) in [7, 11) is 0. The summed E-state index contributed by atoms with van der Waals surface area (Å²) in [6, 6.07) is 9.34. The number of Topliss-reactive ketones (excluding diaryl/α,β-unsaturated/α-hetero) is 2. The van der Waals surface area contributed by atoms with E-state index in [1.165, 1.54) is 12.3 Å². The molecule has 2 rings (SSSR count). The van der Waals surface area contributed by atoms with Crippen molar-refractivity contribution in [2.45, 2.75) is 26.7 Å². The van der Waals surface area contributed by atoms with Crippen LogP contribution in [0, 0.1) is 11.3 Å². The van der Waals surface area contributed by atoms with Gasteiger partial charge in [0.15, 0.2) is 17.3 Å². The van der Waals surface area contributed by atoms with Crippen LogP contribution in [0.2, 0.25) is 0 Å². The Labute approximate surface area is 124 Å². The van der Waals surface area contributed by atoms with Crippen LogP contribution in [0.1, 0.15) is 26.7 Å². The highest BCUT2D eigenvalue weighted by Crippen LogP contribution is 2.34. The number of allylic oxidation sites excluding steroid dienone is 1. The maximum Gasteiger partial charge on any atom is 0.175 e. The van der Waals surface area contributed by atoms with Crippen molar-refractivity contribution >= 4 is 23.0 Å². The van der Waals surface area contributed by atoms with Gasteiger partial charge in [0.1, 0.15) is 5.92 Å². The summed E-state index contributed by atoms with van der Waals surface area (Å²) >= 11 is 0. The highest BCUT2D eigenvalue weighted by Gasteiger charge is 2.42. The molecule has 0 bridgehead atoms. The minimum Gasteiger partial charge on any atom is -0.362 e. The Balaban J connectivity index is 2.00. The topological polar surface area (TPSA) is 63.2 Å². The first-order valence-corrected chi connectivity index (χ1v) is 6.96. The van der Waals surface area contributed by atoms with E-state index in [9.17, 15) is 14.4 Å². The van der Waals surface area contributed by atoms with E-state index in [2.05, 4.69) is 5.32 Å². The van der Waals surface area contributed by atoms with Crippen LogP contribution >= 0.6 is 0 Å². The Morgan fingerprint density at radius 1 is 1.14 bits per heavy atom. The lowest BCUT2D eigenvalue weighted by atomic mass is 9.70. The molecule has 0 unspecified atom stereocenters. The fraction of sp³-hybridized carbons (Fsp3) is 0.353. The molecule has 0 amide bonds. The van der Waals surface area contributed by atoms with E-state index in [0.29, 0.717) is 0 Å². The molecule has 0 spiro atoms. The largest absolute Gasteiger partial charge is 0.362 e. The van der Waals surface area contributed by atoms with Gasteiger partial charge in [0.2, 0.25) is 0 Å². The summed E-state index contributed by atoms with van der Waals surface area (Å²) in [5.41, 5.74) is 0.501. The minimum absolute atomic E-state index is 0.273. The maximum absolute atomic E-state index is 12.1. The average molecular weight is 285 g/mol. The third-order valence-corrected chi connectivity index (χ3v) is 3.51. The number of rotatable bonds is 4. The highest BCUT2D eigenvalue weighted by atomic mass is 16.2. The molecule has 1 aromatic carbocycles. The van der Waals surface area contributed by atoms with Crippen LogP contribution in [-0.2, 0) is 14.4 Å². The molecule has 1 saturated carbocycles. The predicted octanol–water partition coefficient (Wildman–Crippen LogP) is 2.76. The summed E-state index contributed by atoms with van der Waals surface area (Å²) in [4.78, 5) is 36.0. The van der Waals surface area contributed by atoms with Crippen molar-refractivity contribution < 1.29 is 14.4 Å². The van der Waals surface area contributed by atoms with Gasteiger partial charge in [0.05, 0.1) is 0 Å². The van der Waals surface area contributed by atoms with Gasteiger partial charge in [-0.2, -0.15) is 0 Å². The molecule has 110 valence electrons. The molecule has 1 aliphatic rings. The van der Waals surface area contributed by atoms with Crippen molar-refractivity contribution in [2.24, 2.45) is 11.3 Å². The molecule has 0 aliphatic heterocycles. The lowest BCUT2D eigenvalue weighted by Gasteiger charge is -2.30. The second-order valence-corrected chi connectivity index (χ2v) is 6.13. The number of ketones is 3. The molecule has 0 aromatic heterocycles. The van der Waals surface area contributed by atoms with E-state index in [-0.39, 0.29) is 29.8 Å². The second kappa shape index (κ2) is 6.04. The van der Waals surface area contributed by atoms with Crippen molar-refractivity contribution in [3.05, 3.63) is 42.6 Å². The Morgan fingerprint density at radius 3 is 2.29 bits per heavy atom. The summed E-state index contributed by atoms with van der Waals surface area (Å²) < 4.78 is 0. The second-order valence-electron chi connectivity index (χ2n) is 6.13. The van der Waals surface area contributed by atoms with Crippen LogP contribution in [0.25, 0.3) is 0 Å². The van der Waals surface area contributed by atoms with E-state index in [1.54, 1.807) is 0 Å². The molecule has 0 atom stereocenters. The monoisotopic (exact) mass is 285 g/mol. The van der Waals surface area contributed by atoms with E-state index < -0.39 is 11.7 Å². The number of hydrogen-bond donors (Lipinski definition) is 1. The van der Waals surface area contributed by atoms with Crippen LogP contribution < -0.4 is 5.32 Å². The van der Waals surface area contributed by atoms with Crippen LogP contribution in [0.3, 0.4) is 0 Å². The Morgan fingerprint density at radius 2 is 1.71 bits per heavy atom. The van der Waals surface area contributed by atoms with Gasteiger partial charge in [0, 0.05) is 24.7 Å². The highest BCUT2D eigenvalue weighted by molar-refractivity contribution is 6.23. The van der Waals surface area contributed by atoms with Gasteiger partial charge in [0.25, 0.3) is 0 Å². The lowest BCUT2D eigenvalue weighted by molar-refractivity contribution is -0.143. The van der Waals surface area contributed by atoms with Gasteiger partial charge in [-0.25, -0.2) is 0 Å². The Kier molecular flexibility index (Phi) is 4.36. The van der Waals surface area contributed by atoms with E-state index >= 15 is 0 Å². The summed E-state index contributed by atoms with van der Waals surface area (Å²) in [5, 5.41) is 2.94. The first-order chi connectivity index (χ1) is 9.89. The van der Waals surface area contributed by atoms with Crippen molar-refractivity contribution in [2.75, 3.05) is 5.32 Å². The molecular formula is C17H19NO3. The summed E-state index contributed by atoms with van der Waals surface area (Å²) in [5.74, 6) is -2.10. The van der Waals surface area contributed by atoms with Crippen LogP contribution in [0.5, 0.6) is 0 Å². The molecule has 0 saturated heterocycles. The number of carbonyl (C=O) groups excluding carboxylic acids is 3. The number of para-hydroxylation sites is 1. The molecule has 1 fully saturated rings. The fourth-order valence-electron chi connectivity index (χ4n) is 2.56. The van der Waals surface area contributed by atoms with Gasteiger partial charge in [-0.15, -0.1) is 0 Å². The maximum atomic E-state index is 12.1. The van der Waals surface area contributed by atoms with Gasteiger partial charge in [-0.05, 0) is 23.6 Å². The third kappa shape index (κ3) is 3.88. The predicted molar refractivity (Wildman–Crippen MR) is 80.7 cm³/mol. The number of hydrogen-bond acceptors (Lipinski definition) is 4. The van der Waals surface area contributed by atoms with Crippen molar-refractivity contribution in [1.82, 2.24) is 0 Å². The molecule has 1 N–H and O–H groups in total. The van der Waals surface area contributed by atoms with Gasteiger partial charge >= 0.3 is 0 Å². The first kappa shape index (κ1) is 15.2. The number of carbonyl (C=O) groups is 3. The number of anilines is 1. The van der Waals surface area contributed by atoms with Crippen molar-refractivity contribution in [3.8, 4) is 0 Å². The average Bonchev–Trinajstić information content (AvgIpc) is 2.37. The number of benzene rings is 1. The van der Waals surface area contributed by atoms with E-state index in [0.717, 1.165) is 5.69 Å². The molecule has 21 heavy (non-hydrogen) atoms.